The van der Waals surface area contributed by atoms with E-state index in [0.29, 0.717) is 6.04 Å². The molecule has 0 bridgehead atoms. The van der Waals surface area contributed by atoms with Gasteiger partial charge in [0.2, 0.25) is 0 Å². The quantitative estimate of drug-likeness (QED) is 0.900. The largest absolute Gasteiger partial charge is 0.326 e. The van der Waals surface area contributed by atoms with Crippen molar-refractivity contribution in [2.75, 3.05) is 33.7 Å². The zero-order valence-electron chi connectivity index (χ0n) is 11.5. The third kappa shape index (κ3) is 3.79. The molecule has 1 fully saturated rings. The second kappa shape index (κ2) is 6.66. The van der Waals surface area contributed by atoms with E-state index in [-0.39, 0.29) is 6.04 Å². The van der Waals surface area contributed by atoms with Gasteiger partial charge < -0.3 is 15.5 Å². The second-order valence-electron chi connectivity index (χ2n) is 5.45. The molecule has 2 N–H and O–H groups in total. The zero-order chi connectivity index (χ0) is 13.0. The summed E-state index contributed by atoms with van der Waals surface area (Å²) >= 11 is 1.84. The van der Waals surface area contributed by atoms with Gasteiger partial charge in [-0.2, -0.15) is 0 Å². The average molecular weight is 267 g/mol. The first-order chi connectivity index (χ1) is 8.66. The molecule has 0 radical (unpaired) electrons. The first-order valence-electron chi connectivity index (χ1n) is 6.83. The van der Waals surface area contributed by atoms with E-state index in [0.717, 1.165) is 19.4 Å². The first kappa shape index (κ1) is 14.0. The van der Waals surface area contributed by atoms with Gasteiger partial charge in [-0.3, -0.25) is 0 Å². The predicted molar refractivity (Wildman–Crippen MR) is 79.1 cm³/mol. The van der Waals surface area contributed by atoms with Crippen LogP contribution >= 0.6 is 11.3 Å². The van der Waals surface area contributed by atoms with Crippen molar-refractivity contribution in [2.24, 2.45) is 5.73 Å². The molecule has 2 rings (SSSR count). The molecule has 4 heteroatoms. The topological polar surface area (TPSA) is 32.5 Å². The summed E-state index contributed by atoms with van der Waals surface area (Å²) in [5.74, 6) is 0. The second-order valence-corrected chi connectivity index (χ2v) is 6.48. The number of nitrogens with two attached hydrogens (primary N) is 1. The van der Waals surface area contributed by atoms with Crippen LogP contribution in [-0.4, -0.2) is 55.6 Å². The highest BCUT2D eigenvalue weighted by atomic mass is 32.1. The molecular formula is C14H25N3S. The Morgan fingerprint density at radius 3 is 3.00 bits per heavy atom. The van der Waals surface area contributed by atoms with Crippen LogP contribution in [0.1, 0.15) is 17.7 Å². The Balaban J connectivity index is 1.87. The third-order valence-corrected chi connectivity index (χ3v) is 4.85. The van der Waals surface area contributed by atoms with Crippen molar-refractivity contribution in [3.05, 3.63) is 22.4 Å². The lowest BCUT2D eigenvalue weighted by Gasteiger charge is -2.32. The highest BCUT2D eigenvalue weighted by Crippen LogP contribution is 2.16. The van der Waals surface area contributed by atoms with Gasteiger partial charge in [-0.1, -0.05) is 6.07 Å². The van der Waals surface area contributed by atoms with Crippen LogP contribution in [0.3, 0.4) is 0 Å². The number of thiophene rings is 1. The van der Waals surface area contributed by atoms with Crippen molar-refractivity contribution in [3.63, 3.8) is 0 Å². The molecule has 0 aromatic carbocycles. The number of likely N-dealkylation sites (N-methyl/N-ethyl adjacent to an activating group) is 2. The first-order valence-corrected chi connectivity index (χ1v) is 7.71. The maximum absolute atomic E-state index is 6.42. The van der Waals surface area contributed by atoms with Gasteiger partial charge in [0.25, 0.3) is 0 Å². The minimum absolute atomic E-state index is 0.276. The number of rotatable bonds is 4. The molecule has 102 valence electrons. The van der Waals surface area contributed by atoms with Crippen LogP contribution in [0.5, 0.6) is 0 Å². The van der Waals surface area contributed by atoms with Gasteiger partial charge in [0.1, 0.15) is 0 Å². The fourth-order valence-electron chi connectivity index (χ4n) is 2.72. The van der Waals surface area contributed by atoms with E-state index in [9.17, 15) is 0 Å². The molecule has 18 heavy (non-hydrogen) atoms. The molecule has 0 saturated carbocycles. The molecular weight excluding hydrogens is 242 g/mol. The van der Waals surface area contributed by atoms with Crippen LogP contribution in [0.15, 0.2) is 17.5 Å². The lowest BCUT2D eigenvalue weighted by molar-refractivity contribution is 0.191. The molecule has 0 aliphatic carbocycles. The van der Waals surface area contributed by atoms with E-state index in [1.165, 1.54) is 24.4 Å². The minimum Gasteiger partial charge on any atom is -0.326 e. The van der Waals surface area contributed by atoms with E-state index >= 15 is 0 Å². The lowest BCUT2D eigenvalue weighted by atomic mass is 10.0. The summed E-state index contributed by atoms with van der Waals surface area (Å²) < 4.78 is 0. The van der Waals surface area contributed by atoms with Gasteiger partial charge in [-0.05, 0) is 57.9 Å². The van der Waals surface area contributed by atoms with Gasteiger partial charge in [0.05, 0.1) is 0 Å². The molecule has 1 aromatic rings. The maximum atomic E-state index is 6.42. The lowest BCUT2D eigenvalue weighted by Crippen LogP contribution is -2.50. The number of nitrogens with zero attached hydrogens (tertiary/aromatic N) is 2. The highest BCUT2D eigenvalue weighted by Gasteiger charge is 2.25. The molecule has 1 aromatic heterocycles. The molecule has 0 amide bonds. The Labute approximate surface area is 115 Å². The Morgan fingerprint density at radius 1 is 1.44 bits per heavy atom. The number of hydrogen-bond acceptors (Lipinski definition) is 4. The van der Waals surface area contributed by atoms with Crippen molar-refractivity contribution in [1.82, 2.24) is 9.80 Å². The predicted octanol–water partition coefficient (Wildman–Crippen LogP) is 1.64. The summed E-state index contributed by atoms with van der Waals surface area (Å²) in [5, 5.41) is 2.15. The fraction of sp³-hybridized carbons (Fsp3) is 0.714. The van der Waals surface area contributed by atoms with Gasteiger partial charge in [0.15, 0.2) is 0 Å². The third-order valence-electron chi connectivity index (χ3n) is 3.91. The summed E-state index contributed by atoms with van der Waals surface area (Å²) in [6.07, 6.45) is 3.46. The SMILES string of the molecule is CN1CCCN(C)C(C(N)CCc2cccs2)C1. The standard InChI is InChI=1S/C14H25N3S/c1-16-8-4-9-17(2)14(11-16)13(15)7-6-12-5-3-10-18-12/h3,5,10,13-14H,4,6-9,11,15H2,1-2H3. The number of aryl methyl sites for hydroxylation is 1. The van der Waals surface area contributed by atoms with E-state index < -0.39 is 0 Å². The minimum atomic E-state index is 0.276. The van der Waals surface area contributed by atoms with Gasteiger partial charge in [-0.15, -0.1) is 11.3 Å². The van der Waals surface area contributed by atoms with Crippen molar-refractivity contribution in [1.29, 1.82) is 0 Å². The summed E-state index contributed by atoms with van der Waals surface area (Å²) in [5.41, 5.74) is 6.42. The van der Waals surface area contributed by atoms with Crippen molar-refractivity contribution in [3.8, 4) is 0 Å². The monoisotopic (exact) mass is 267 g/mol. The molecule has 1 aliphatic rings. The number of hydrogen-bond donors (Lipinski definition) is 1. The van der Waals surface area contributed by atoms with Gasteiger partial charge >= 0.3 is 0 Å². The molecule has 1 aliphatic heterocycles. The van der Waals surface area contributed by atoms with Crippen molar-refractivity contribution in [2.45, 2.75) is 31.3 Å². The van der Waals surface area contributed by atoms with Crippen LogP contribution in [0.25, 0.3) is 0 Å². The smallest absolute Gasteiger partial charge is 0.0371 e. The molecule has 2 atom stereocenters. The molecule has 0 spiro atoms. The van der Waals surface area contributed by atoms with Crippen LogP contribution < -0.4 is 5.73 Å². The maximum Gasteiger partial charge on any atom is 0.0371 e. The molecule has 3 nitrogen and oxygen atoms in total. The van der Waals surface area contributed by atoms with Crippen LogP contribution in [0.4, 0.5) is 0 Å². The molecule has 2 heterocycles. The fourth-order valence-corrected chi connectivity index (χ4v) is 3.45. The Bertz CT molecular complexity index is 339. The van der Waals surface area contributed by atoms with E-state index in [4.69, 9.17) is 5.73 Å². The summed E-state index contributed by atoms with van der Waals surface area (Å²) in [4.78, 5) is 6.32. The Morgan fingerprint density at radius 2 is 2.28 bits per heavy atom. The van der Waals surface area contributed by atoms with Crippen LogP contribution in [0, 0.1) is 0 Å². The van der Waals surface area contributed by atoms with E-state index in [1.54, 1.807) is 0 Å². The molecule has 1 saturated heterocycles. The summed E-state index contributed by atoms with van der Waals surface area (Å²) in [7, 11) is 4.42. The highest BCUT2D eigenvalue weighted by molar-refractivity contribution is 7.09. The van der Waals surface area contributed by atoms with Crippen molar-refractivity contribution < 1.29 is 0 Å². The normalized spacial score (nSPS) is 24.9. The summed E-state index contributed by atoms with van der Waals surface area (Å²) in [6, 6.07) is 5.10. The Kier molecular flexibility index (Phi) is 5.18. The average Bonchev–Trinajstić information content (AvgIpc) is 2.80. The van der Waals surface area contributed by atoms with Crippen molar-refractivity contribution >= 4 is 11.3 Å². The molecule has 2 unspecified atom stereocenters. The Hall–Kier alpha value is -0.420. The van der Waals surface area contributed by atoms with E-state index in [1.807, 2.05) is 11.3 Å². The van der Waals surface area contributed by atoms with Crippen LogP contribution in [0.2, 0.25) is 0 Å². The zero-order valence-corrected chi connectivity index (χ0v) is 12.3. The van der Waals surface area contributed by atoms with Gasteiger partial charge in [-0.25, -0.2) is 0 Å². The summed E-state index contributed by atoms with van der Waals surface area (Å²) in [6.45, 7) is 3.46. The van der Waals surface area contributed by atoms with E-state index in [2.05, 4.69) is 41.4 Å². The van der Waals surface area contributed by atoms with Crippen LogP contribution in [-0.2, 0) is 6.42 Å². The van der Waals surface area contributed by atoms with Gasteiger partial charge in [0, 0.05) is 23.5 Å².